The van der Waals surface area contributed by atoms with Gasteiger partial charge in [0.2, 0.25) is 0 Å². The third-order valence-electron chi connectivity index (χ3n) is 7.99. The summed E-state index contributed by atoms with van der Waals surface area (Å²) in [6, 6.07) is 18.1. The van der Waals surface area contributed by atoms with Crippen molar-refractivity contribution in [2.75, 3.05) is 26.7 Å². The molecule has 2 fully saturated rings. The number of nitriles is 1. The first-order chi connectivity index (χ1) is 17.7. The number of aliphatic hydroxyl groups is 2. The highest BCUT2D eigenvalue weighted by molar-refractivity contribution is 5.59. The average molecular weight is 506 g/mol. The summed E-state index contributed by atoms with van der Waals surface area (Å²) in [6.45, 7) is -0.696. The van der Waals surface area contributed by atoms with E-state index in [1.807, 2.05) is 30.3 Å². The minimum atomic E-state index is -2.78. The predicted octanol–water partition coefficient (Wildman–Crippen LogP) is 3.16. The summed E-state index contributed by atoms with van der Waals surface area (Å²) in [6.07, 6.45) is 1.52. The second kappa shape index (κ2) is 8.21. The van der Waals surface area contributed by atoms with Gasteiger partial charge in [0, 0.05) is 18.4 Å². The van der Waals surface area contributed by atoms with E-state index in [0.717, 1.165) is 5.56 Å². The Kier molecular flexibility index (Phi) is 5.28. The molecule has 37 heavy (non-hydrogen) atoms. The average Bonchev–Trinajstić information content (AvgIpc) is 3.26. The number of fused-ring (bicyclic) bond motifs is 3. The van der Waals surface area contributed by atoms with Gasteiger partial charge in [-0.05, 0) is 23.3 Å². The molecule has 3 aliphatic rings. The van der Waals surface area contributed by atoms with E-state index in [4.69, 9.17) is 9.47 Å². The lowest BCUT2D eigenvalue weighted by Gasteiger charge is -2.43. The molecule has 2 aliphatic heterocycles. The quantitative estimate of drug-likeness (QED) is 0.550. The number of methoxy groups -OCH3 is 1. The number of halogens is 2. The fourth-order valence-corrected chi connectivity index (χ4v) is 6.56. The van der Waals surface area contributed by atoms with Gasteiger partial charge < -0.3 is 19.7 Å². The highest BCUT2D eigenvalue weighted by atomic mass is 19.3. The van der Waals surface area contributed by atoms with Crippen LogP contribution in [0.3, 0.4) is 0 Å². The van der Waals surface area contributed by atoms with E-state index in [0.29, 0.717) is 11.1 Å². The van der Waals surface area contributed by atoms with Crippen LogP contribution in [0.4, 0.5) is 8.78 Å². The molecule has 1 aliphatic carbocycles. The molecule has 1 unspecified atom stereocenters. The number of benzene rings is 2. The molecule has 1 saturated carbocycles. The van der Waals surface area contributed by atoms with Gasteiger partial charge in [-0.1, -0.05) is 42.5 Å². The Morgan fingerprint density at radius 3 is 2.46 bits per heavy atom. The molecule has 1 saturated heterocycles. The normalized spacial score (nSPS) is 31.5. The molecule has 5 atom stereocenters. The third kappa shape index (κ3) is 3.23. The first-order valence-corrected chi connectivity index (χ1v) is 12.0. The van der Waals surface area contributed by atoms with E-state index in [2.05, 4.69) is 11.1 Å². The van der Waals surface area contributed by atoms with Crippen molar-refractivity contribution in [2.24, 2.45) is 5.92 Å². The van der Waals surface area contributed by atoms with E-state index in [1.54, 1.807) is 29.2 Å². The van der Waals surface area contributed by atoms with Crippen molar-refractivity contribution in [3.63, 3.8) is 0 Å². The first kappa shape index (κ1) is 23.8. The largest absolute Gasteiger partial charge is 0.495 e. The van der Waals surface area contributed by atoms with Gasteiger partial charge in [-0.3, -0.25) is 9.88 Å². The van der Waals surface area contributed by atoms with Crippen molar-refractivity contribution in [3.8, 4) is 17.6 Å². The topological polar surface area (TPSA) is 98.8 Å². The van der Waals surface area contributed by atoms with Crippen molar-refractivity contribution in [3.05, 3.63) is 89.2 Å². The molecule has 3 heterocycles. The lowest BCUT2D eigenvalue weighted by atomic mass is 9.70. The monoisotopic (exact) mass is 505 g/mol. The summed E-state index contributed by atoms with van der Waals surface area (Å²) in [4.78, 5) is 5.78. The number of aromatic nitrogens is 1. The molecule has 1 aromatic heterocycles. The molecule has 0 amide bonds. The Hall–Kier alpha value is -3.58. The molecule has 2 aromatic carbocycles. The van der Waals surface area contributed by atoms with E-state index in [1.165, 1.54) is 19.5 Å². The van der Waals surface area contributed by atoms with E-state index in [-0.39, 0.29) is 23.6 Å². The maximum atomic E-state index is 13.8. The molecular weight excluding hydrogens is 480 g/mol. The number of rotatable bonds is 5. The molecule has 0 bridgehead atoms. The zero-order valence-electron chi connectivity index (χ0n) is 20.0. The lowest BCUT2D eigenvalue weighted by Crippen LogP contribution is -2.58. The molecule has 190 valence electrons. The molecule has 9 heteroatoms. The Bertz CT molecular complexity index is 1370. The second-order valence-corrected chi connectivity index (χ2v) is 10.0. The van der Waals surface area contributed by atoms with Gasteiger partial charge in [0.1, 0.15) is 11.5 Å². The molecule has 6 rings (SSSR count). The summed E-state index contributed by atoms with van der Waals surface area (Å²) >= 11 is 0. The number of alkyl halides is 2. The van der Waals surface area contributed by atoms with Gasteiger partial charge >= 0.3 is 0 Å². The highest BCUT2D eigenvalue weighted by Crippen LogP contribution is 2.69. The number of likely N-dealkylation sites (tertiary alicyclic amines) is 1. The van der Waals surface area contributed by atoms with Crippen LogP contribution in [0.1, 0.15) is 28.2 Å². The van der Waals surface area contributed by atoms with Crippen LogP contribution in [-0.4, -0.2) is 58.9 Å². The van der Waals surface area contributed by atoms with Crippen molar-refractivity contribution in [1.29, 1.82) is 5.26 Å². The summed E-state index contributed by atoms with van der Waals surface area (Å²) in [5.74, 6) is -3.59. The zero-order chi connectivity index (χ0) is 26.0. The first-order valence-electron chi connectivity index (χ1n) is 12.0. The Balaban J connectivity index is 1.60. The Labute approximate surface area is 212 Å². The molecule has 7 nitrogen and oxygen atoms in total. The number of ether oxygens (including phenoxy) is 2. The standard InChI is InChI=1S/C28H25F2N3O4/c1-36-21-12-32-13-22-24(21)27(35)25(34)20(14-33-15-26(29,30)16-33)23(18-5-3-2-4-6-18)28(27,37-22)19-9-7-17(11-31)8-10-19/h2-10,12-13,20,23,25,34-35H,14-16H2,1H3/t20-,23?,25-,27+,28+/m1/s1. The number of hydrogen-bond acceptors (Lipinski definition) is 7. The van der Waals surface area contributed by atoms with Gasteiger partial charge in [0.15, 0.2) is 11.2 Å². The fraction of sp³-hybridized carbons (Fsp3) is 0.357. The molecular formula is C28H25F2N3O4. The van der Waals surface area contributed by atoms with Gasteiger partial charge in [0.25, 0.3) is 5.92 Å². The predicted molar refractivity (Wildman–Crippen MR) is 128 cm³/mol. The molecule has 2 N–H and O–H groups in total. The van der Waals surface area contributed by atoms with E-state index in [9.17, 15) is 24.3 Å². The van der Waals surface area contributed by atoms with Crippen LogP contribution < -0.4 is 9.47 Å². The van der Waals surface area contributed by atoms with Gasteiger partial charge in [-0.15, -0.1) is 0 Å². The van der Waals surface area contributed by atoms with Gasteiger partial charge in [-0.2, -0.15) is 5.26 Å². The minimum Gasteiger partial charge on any atom is -0.495 e. The van der Waals surface area contributed by atoms with Crippen molar-refractivity contribution in [2.45, 2.75) is 29.1 Å². The van der Waals surface area contributed by atoms with Gasteiger partial charge in [0.05, 0.1) is 55.9 Å². The summed E-state index contributed by atoms with van der Waals surface area (Å²) in [5, 5.41) is 34.0. The smallest absolute Gasteiger partial charge is 0.272 e. The van der Waals surface area contributed by atoms with Crippen LogP contribution in [0.5, 0.6) is 11.5 Å². The highest BCUT2D eigenvalue weighted by Gasteiger charge is 2.77. The maximum Gasteiger partial charge on any atom is 0.272 e. The second-order valence-electron chi connectivity index (χ2n) is 10.0. The van der Waals surface area contributed by atoms with Crippen LogP contribution >= 0.6 is 0 Å². The van der Waals surface area contributed by atoms with Crippen LogP contribution in [0.25, 0.3) is 0 Å². The Morgan fingerprint density at radius 1 is 1.14 bits per heavy atom. The van der Waals surface area contributed by atoms with Crippen molar-refractivity contribution < 1.29 is 28.5 Å². The molecule has 0 radical (unpaired) electrons. The fourth-order valence-electron chi connectivity index (χ4n) is 6.56. The summed E-state index contributed by atoms with van der Waals surface area (Å²) < 4.78 is 39.7. The van der Waals surface area contributed by atoms with Crippen LogP contribution in [0, 0.1) is 17.2 Å². The summed E-state index contributed by atoms with van der Waals surface area (Å²) in [5.41, 5.74) is -1.57. The van der Waals surface area contributed by atoms with Crippen LogP contribution in [0.2, 0.25) is 0 Å². The molecule has 3 aromatic rings. The Morgan fingerprint density at radius 2 is 1.84 bits per heavy atom. The van der Waals surface area contributed by atoms with E-state index < -0.39 is 48.2 Å². The third-order valence-corrected chi connectivity index (χ3v) is 7.99. The number of hydrogen-bond donors (Lipinski definition) is 2. The van der Waals surface area contributed by atoms with Gasteiger partial charge in [-0.25, -0.2) is 8.78 Å². The summed E-state index contributed by atoms with van der Waals surface area (Å²) in [7, 11) is 1.44. The minimum absolute atomic E-state index is 0.128. The van der Waals surface area contributed by atoms with E-state index >= 15 is 0 Å². The number of nitrogens with zero attached hydrogens (tertiary/aromatic N) is 3. The SMILES string of the molecule is COc1cncc2c1[C@]1(O)[C@H](O)[C@H](CN3CC(F)(F)C3)C(c3ccccc3)[C@]1(c1ccc(C#N)cc1)O2. The lowest BCUT2D eigenvalue weighted by molar-refractivity contribution is -0.157. The maximum absolute atomic E-state index is 13.8. The van der Waals surface area contributed by atoms with Crippen molar-refractivity contribution >= 4 is 0 Å². The zero-order valence-corrected chi connectivity index (χ0v) is 20.0. The molecule has 0 spiro atoms. The number of pyridine rings is 1. The van der Waals surface area contributed by atoms with Crippen LogP contribution in [0.15, 0.2) is 67.0 Å². The number of aliphatic hydroxyl groups excluding tert-OH is 1. The van der Waals surface area contributed by atoms with Crippen molar-refractivity contribution in [1.82, 2.24) is 9.88 Å². The van der Waals surface area contributed by atoms with Crippen LogP contribution in [-0.2, 0) is 11.2 Å².